The fourth-order valence-electron chi connectivity index (χ4n) is 3.16. The summed E-state index contributed by atoms with van der Waals surface area (Å²) in [7, 11) is 0. The van der Waals surface area contributed by atoms with E-state index >= 15 is 0 Å². The summed E-state index contributed by atoms with van der Waals surface area (Å²) < 4.78 is 5.76. The lowest BCUT2D eigenvalue weighted by Crippen LogP contribution is -2.38. The standard InChI is InChI=1S/C18H37NO/c1-2-3-4-5-6-7-8-9-10-11-14-17(19)18-15-12-13-16-20-18/h17-18H,2-16,19H2,1H3. The summed E-state index contributed by atoms with van der Waals surface area (Å²) in [6.45, 7) is 3.21. The van der Waals surface area contributed by atoms with Gasteiger partial charge < -0.3 is 10.5 Å². The molecule has 2 unspecified atom stereocenters. The van der Waals surface area contributed by atoms with Crippen LogP contribution in [0.2, 0.25) is 0 Å². The largest absolute Gasteiger partial charge is 0.377 e. The minimum atomic E-state index is 0.282. The molecule has 2 heteroatoms. The summed E-state index contributed by atoms with van der Waals surface area (Å²) in [5, 5.41) is 0. The average molecular weight is 284 g/mol. The zero-order valence-electron chi connectivity index (χ0n) is 13.7. The molecule has 1 aliphatic heterocycles. The zero-order chi connectivity index (χ0) is 14.5. The molecule has 1 heterocycles. The van der Waals surface area contributed by atoms with Gasteiger partial charge in [-0.05, 0) is 25.7 Å². The Labute approximate surface area is 126 Å². The number of unbranched alkanes of at least 4 members (excludes halogenated alkanes) is 9. The van der Waals surface area contributed by atoms with Crippen molar-refractivity contribution in [1.82, 2.24) is 0 Å². The SMILES string of the molecule is CCCCCCCCCCCCC(N)C1CCCCO1. The van der Waals surface area contributed by atoms with Gasteiger partial charge in [-0.2, -0.15) is 0 Å². The van der Waals surface area contributed by atoms with Crippen molar-refractivity contribution >= 4 is 0 Å². The molecular formula is C18H37NO. The molecule has 1 saturated heterocycles. The first kappa shape index (κ1) is 18.0. The summed E-state index contributed by atoms with van der Waals surface area (Å²) >= 11 is 0. The van der Waals surface area contributed by atoms with Crippen LogP contribution in [0, 0.1) is 0 Å². The Morgan fingerprint density at radius 3 is 2.05 bits per heavy atom. The molecule has 0 aromatic carbocycles. The van der Waals surface area contributed by atoms with Gasteiger partial charge in [-0.1, -0.05) is 71.1 Å². The van der Waals surface area contributed by atoms with E-state index in [2.05, 4.69) is 6.92 Å². The number of nitrogens with two attached hydrogens (primary N) is 1. The van der Waals surface area contributed by atoms with Gasteiger partial charge in [0.15, 0.2) is 0 Å². The minimum Gasteiger partial charge on any atom is -0.377 e. The fourth-order valence-corrected chi connectivity index (χ4v) is 3.16. The van der Waals surface area contributed by atoms with E-state index in [1.54, 1.807) is 0 Å². The van der Waals surface area contributed by atoms with Crippen LogP contribution < -0.4 is 5.73 Å². The number of rotatable bonds is 12. The molecule has 1 aliphatic rings. The maximum absolute atomic E-state index is 6.23. The van der Waals surface area contributed by atoms with Crippen LogP contribution in [0.25, 0.3) is 0 Å². The van der Waals surface area contributed by atoms with Crippen LogP contribution in [0.15, 0.2) is 0 Å². The number of hydrogen-bond donors (Lipinski definition) is 1. The second kappa shape index (κ2) is 12.6. The topological polar surface area (TPSA) is 35.2 Å². The monoisotopic (exact) mass is 283 g/mol. The molecule has 0 bridgehead atoms. The summed E-state index contributed by atoms with van der Waals surface area (Å²) in [6, 6.07) is 0.282. The van der Waals surface area contributed by atoms with Crippen molar-refractivity contribution in [1.29, 1.82) is 0 Å². The van der Waals surface area contributed by atoms with E-state index in [1.807, 2.05) is 0 Å². The van der Waals surface area contributed by atoms with Gasteiger partial charge in [0.05, 0.1) is 6.10 Å². The van der Waals surface area contributed by atoms with Crippen molar-refractivity contribution in [2.45, 2.75) is 109 Å². The second-order valence-corrected chi connectivity index (χ2v) is 6.54. The van der Waals surface area contributed by atoms with Gasteiger partial charge in [-0.25, -0.2) is 0 Å². The van der Waals surface area contributed by atoms with Crippen LogP contribution in [-0.4, -0.2) is 18.8 Å². The van der Waals surface area contributed by atoms with Crippen LogP contribution in [-0.2, 0) is 4.74 Å². The van der Waals surface area contributed by atoms with Crippen LogP contribution >= 0.6 is 0 Å². The second-order valence-electron chi connectivity index (χ2n) is 6.54. The van der Waals surface area contributed by atoms with Gasteiger partial charge in [-0.3, -0.25) is 0 Å². The fraction of sp³-hybridized carbons (Fsp3) is 1.00. The Morgan fingerprint density at radius 1 is 0.900 bits per heavy atom. The molecular weight excluding hydrogens is 246 g/mol. The number of hydrogen-bond acceptors (Lipinski definition) is 2. The molecule has 1 rings (SSSR count). The molecule has 20 heavy (non-hydrogen) atoms. The highest BCUT2D eigenvalue weighted by Gasteiger charge is 2.20. The van der Waals surface area contributed by atoms with E-state index in [1.165, 1.54) is 83.5 Å². The Bertz CT molecular complexity index is 202. The van der Waals surface area contributed by atoms with Crippen molar-refractivity contribution in [2.24, 2.45) is 5.73 Å². The van der Waals surface area contributed by atoms with E-state index in [4.69, 9.17) is 10.5 Å². The van der Waals surface area contributed by atoms with E-state index in [0.29, 0.717) is 6.10 Å². The van der Waals surface area contributed by atoms with Gasteiger partial charge in [0.1, 0.15) is 0 Å². The molecule has 2 atom stereocenters. The molecule has 0 radical (unpaired) electrons. The summed E-state index contributed by atoms with van der Waals surface area (Å²) in [4.78, 5) is 0. The van der Waals surface area contributed by atoms with Gasteiger partial charge in [0, 0.05) is 12.6 Å². The minimum absolute atomic E-state index is 0.282. The lowest BCUT2D eigenvalue weighted by Gasteiger charge is -2.27. The molecule has 120 valence electrons. The van der Waals surface area contributed by atoms with Crippen LogP contribution in [0.3, 0.4) is 0 Å². The average Bonchev–Trinajstić information content (AvgIpc) is 2.50. The predicted octanol–water partition coefficient (Wildman–Crippen LogP) is 5.19. The van der Waals surface area contributed by atoms with Gasteiger partial charge >= 0.3 is 0 Å². The number of ether oxygens (including phenoxy) is 1. The van der Waals surface area contributed by atoms with Gasteiger partial charge in [0.2, 0.25) is 0 Å². The molecule has 0 saturated carbocycles. The van der Waals surface area contributed by atoms with Crippen molar-refractivity contribution in [3.8, 4) is 0 Å². The first-order valence-electron chi connectivity index (χ1n) is 9.21. The Morgan fingerprint density at radius 2 is 1.50 bits per heavy atom. The van der Waals surface area contributed by atoms with Crippen LogP contribution in [0.1, 0.15) is 96.8 Å². The highest BCUT2D eigenvalue weighted by molar-refractivity contribution is 4.76. The third-order valence-corrected chi connectivity index (χ3v) is 4.58. The highest BCUT2D eigenvalue weighted by atomic mass is 16.5. The van der Waals surface area contributed by atoms with Crippen molar-refractivity contribution in [3.05, 3.63) is 0 Å². The van der Waals surface area contributed by atoms with Crippen molar-refractivity contribution in [2.75, 3.05) is 6.61 Å². The van der Waals surface area contributed by atoms with Crippen molar-refractivity contribution in [3.63, 3.8) is 0 Å². The van der Waals surface area contributed by atoms with E-state index < -0.39 is 0 Å². The molecule has 0 spiro atoms. The van der Waals surface area contributed by atoms with Gasteiger partial charge in [0.25, 0.3) is 0 Å². The Balaban J connectivity index is 1.82. The third kappa shape index (κ3) is 8.97. The Hall–Kier alpha value is -0.0800. The molecule has 2 N–H and O–H groups in total. The van der Waals surface area contributed by atoms with E-state index in [9.17, 15) is 0 Å². The van der Waals surface area contributed by atoms with Crippen molar-refractivity contribution < 1.29 is 4.74 Å². The first-order chi connectivity index (χ1) is 9.84. The molecule has 1 fully saturated rings. The van der Waals surface area contributed by atoms with Gasteiger partial charge in [-0.15, -0.1) is 0 Å². The maximum atomic E-state index is 6.23. The smallest absolute Gasteiger partial charge is 0.0725 e. The lowest BCUT2D eigenvalue weighted by molar-refractivity contribution is -0.00145. The first-order valence-corrected chi connectivity index (χ1v) is 9.21. The lowest BCUT2D eigenvalue weighted by atomic mass is 9.97. The summed E-state index contributed by atoms with van der Waals surface area (Å²) in [6.07, 6.45) is 19.2. The predicted molar refractivity (Wildman–Crippen MR) is 88.0 cm³/mol. The normalized spacial score (nSPS) is 21.0. The quantitative estimate of drug-likeness (QED) is 0.500. The molecule has 0 amide bonds. The van der Waals surface area contributed by atoms with E-state index in [-0.39, 0.29) is 6.04 Å². The molecule has 0 aromatic rings. The van der Waals surface area contributed by atoms with Crippen LogP contribution in [0.5, 0.6) is 0 Å². The highest BCUT2D eigenvalue weighted by Crippen LogP contribution is 2.18. The summed E-state index contributed by atoms with van der Waals surface area (Å²) in [5.41, 5.74) is 6.23. The summed E-state index contributed by atoms with van der Waals surface area (Å²) in [5.74, 6) is 0. The zero-order valence-corrected chi connectivity index (χ0v) is 13.7. The maximum Gasteiger partial charge on any atom is 0.0725 e. The van der Waals surface area contributed by atoms with Crippen LogP contribution in [0.4, 0.5) is 0 Å². The third-order valence-electron chi connectivity index (χ3n) is 4.58. The molecule has 0 aliphatic carbocycles. The molecule has 0 aromatic heterocycles. The Kier molecular flexibility index (Phi) is 11.4. The van der Waals surface area contributed by atoms with E-state index in [0.717, 1.165) is 13.0 Å². The molecule has 2 nitrogen and oxygen atoms in total.